The van der Waals surface area contributed by atoms with Crippen LogP contribution in [-0.2, 0) is 6.42 Å². The molecule has 0 spiro atoms. The fourth-order valence-corrected chi connectivity index (χ4v) is 6.90. The van der Waals surface area contributed by atoms with E-state index >= 15 is 0 Å². The minimum Gasteiger partial charge on any atom is -0.294 e. The van der Waals surface area contributed by atoms with Crippen molar-refractivity contribution < 1.29 is 9.59 Å². The summed E-state index contributed by atoms with van der Waals surface area (Å²) < 4.78 is 0. The van der Waals surface area contributed by atoms with Gasteiger partial charge in [0.25, 0.3) is 0 Å². The largest absolute Gasteiger partial charge is 0.294 e. The third-order valence-corrected chi connectivity index (χ3v) is 8.48. The molecule has 2 nitrogen and oxygen atoms in total. The van der Waals surface area contributed by atoms with Crippen molar-refractivity contribution in [3.05, 3.63) is 34.9 Å². The molecule has 0 aromatic heterocycles. The molecule has 30 heavy (non-hydrogen) atoms. The Bertz CT molecular complexity index is 779. The molecule has 0 aliphatic heterocycles. The van der Waals surface area contributed by atoms with Crippen LogP contribution < -0.4 is 0 Å². The summed E-state index contributed by atoms with van der Waals surface area (Å²) in [6.45, 7) is 4.52. The number of carbonyl (C=O) groups is 2. The lowest BCUT2D eigenvalue weighted by Gasteiger charge is -2.39. The molecule has 2 fully saturated rings. The summed E-state index contributed by atoms with van der Waals surface area (Å²) in [7, 11) is 0. The summed E-state index contributed by atoms with van der Waals surface area (Å²) in [4.78, 5) is 26.9. The van der Waals surface area contributed by atoms with Crippen LogP contribution in [0.2, 0.25) is 0 Å². The Kier molecular flexibility index (Phi) is 6.80. The number of fused-ring (bicyclic) bond motifs is 6. The van der Waals surface area contributed by atoms with Gasteiger partial charge in [-0.3, -0.25) is 9.59 Å². The Balaban J connectivity index is 1.32. The van der Waals surface area contributed by atoms with E-state index in [9.17, 15) is 9.59 Å². The maximum Gasteiger partial charge on any atom is 0.167 e. The first-order chi connectivity index (χ1) is 14.6. The highest BCUT2D eigenvalue weighted by Gasteiger charge is 2.62. The van der Waals surface area contributed by atoms with Crippen LogP contribution in [0.15, 0.2) is 18.2 Å². The smallest absolute Gasteiger partial charge is 0.167 e. The number of carbonyl (C=O) groups excluding carboxylic acids is 2. The molecular weight excluding hydrogens is 368 g/mol. The minimum absolute atomic E-state index is 0.0300. The Morgan fingerprint density at radius 2 is 1.57 bits per heavy atom. The zero-order chi connectivity index (χ0) is 21.1. The average molecular weight is 409 g/mol. The third-order valence-electron chi connectivity index (χ3n) is 8.48. The quantitative estimate of drug-likeness (QED) is 0.354. The second-order valence-electron chi connectivity index (χ2n) is 10.7. The molecule has 1 aromatic carbocycles. The fraction of sp³-hybridized carbons (Fsp3) is 0.714. The van der Waals surface area contributed by atoms with E-state index in [2.05, 4.69) is 19.9 Å². The molecular formula is C28H40O2. The molecule has 2 saturated carbocycles. The normalized spacial score (nSPS) is 29.3. The standard InChI is InChI=1S/C28H40O2/c1-3-4-5-6-7-8-9-10-11-12-14-20-15-13-16-22-23(20)27(30)24-21-17-18-28(2,19-21)25(24)26(22)29/h13,15-16,21,24-25H,3-12,14,17-19H2,1-2H3. The SMILES string of the molecule is CCCCCCCCCCCCc1cccc2c1C(=O)C1C3CCC(C)(C3)C1C2=O. The van der Waals surface area contributed by atoms with Gasteiger partial charge >= 0.3 is 0 Å². The van der Waals surface area contributed by atoms with Crippen molar-refractivity contribution in [2.75, 3.05) is 0 Å². The number of unbranched alkanes of at least 4 members (excludes halogenated alkanes) is 9. The van der Waals surface area contributed by atoms with Crippen LogP contribution in [0.5, 0.6) is 0 Å². The van der Waals surface area contributed by atoms with Crippen LogP contribution in [0.25, 0.3) is 0 Å². The lowest BCUT2D eigenvalue weighted by atomic mass is 9.62. The first kappa shape index (κ1) is 21.8. The number of hydrogen-bond donors (Lipinski definition) is 0. The highest BCUT2D eigenvalue weighted by molar-refractivity contribution is 6.17. The summed E-state index contributed by atoms with van der Waals surface area (Å²) >= 11 is 0. The lowest BCUT2D eigenvalue weighted by molar-refractivity contribution is 0.0572. The summed E-state index contributed by atoms with van der Waals surface area (Å²) in [5.74, 6) is 0.923. The predicted molar refractivity (Wildman–Crippen MR) is 123 cm³/mol. The summed E-state index contributed by atoms with van der Waals surface area (Å²) in [5.41, 5.74) is 2.74. The highest BCUT2D eigenvalue weighted by atomic mass is 16.1. The van der Waals surface area contributed by atoms with Gasteiger partial charge in [-0.15, -0.1) is 0 Å². The molecule has 4 rings (SSSR count). The zero-order valence-corrected chi connectivity index (χ0v) is 19.2. The summed E-state index contributed by atoms with van der Waals surface area (Å²) in [6.07, 6.45) is 17.5. The Morgan fingerprint density at radius 3 is 2.27 bits per heavy atom. The van der Waals surface area contributed by atoms with Gasteiger partial charge in [-0.05, 0) is 49.0 Å². The van der Waals surface area contributed by atoms with E-state index in [0.29, 0.717) is 11.7 Å². The molecule has 164 valence electrons. The number of benzene rings is 1. The van der Waals surface area contributed by atoms with Crippen molar-refractivity contribution >= 4 is 11.6 Å². The van der Waals surface area contributed by atoms with E-state index in [-0.39, 0.29) is 23.0 Å². The molecule has 0 radical (unpaired) electrons. The van der Waals surface area contributed by atoms with Gasteiger partial charge in [0.15, 0.2) is 11.6 Å². The Morgan fingerprint density at radius 1 is 0.900 bits per heavy atom. The Hall–Kier alpha value is -1.44. The van der Waals surface area contributed by atoms with Gasteiger partial charge in [0.1, 0.15) is 0 Å². The second kappa shape index (κ2) is 9.37. The molecule has 4 unspecified atom stereocenters. The minimum atomic E-state index is -0.0520. The topological polar surface area (TPSA) is 34.1 Å². The van der Waals surface area contributed by atoms with Crippen molar-refractivity contribution in [2.45, 2.75) is 104 Å². The second-order valence-corrected chi connectivity index (χ2v) is 10.7. The van der Waals surface area contributed by atoms with Crippen LogP contribution in [0.1, 0.15) is 124 Å². The molecule has 0 saturated heterocycles. The van der Waals surface area contributed by atoms with Gasteiger partial charge < -0.3 is 0 Å². The van der Waals surface area contributed by atoms with Crippen molar-refractivity contribution in [1.82, 2.24) is 0 Å². The number of rotatable bonds is 11. The van der Waals surface area contributed by atoms with Crippen LogP contribution in [0.3, 0.4) is 0 Å². The van der Waals surface area contributed by atoms with E-state index in [4.69, 9.17) is 0 Å². The maximum absolute atomic E-state index is 13.5. The monoisotopic (exact) mass is 408 g/mol. The van der Waals surface area contributed by atoms with E-state index in [0.717, 1.165) is 48.8 Å². The van der Waals surface area contributed by atoms with Crippen molar-refractivity contribution in [3.8, 4) is 0 Å². The summed E-state index contributed by atoms with van der Waals surface area (Å²) in [5, 5.41) is 0. The van der Waals surface area contributed by atoms with Gasteiger partial charge in [-0.1, -0.05) is 89.8 Å². The molecule has 1 aromatic rings. The molecule has 2 bridgehead atoms. The predicted octanol–water partition coefficient (Wildman–Crippen LogP) is 7.58. The molecule has 3 aliphatic carbocycles. The van der Waals surface area contributed by atoms with E-state index in [1.54, 1.807) is 0 Å². The van der Waals surface area contributed by atoms with Crippen molar-refractivity contribution in [1.29, 1.82) is 0 Å². The Labute approximate surface area is 183 Å². The van der Waals surface area contributed by atoms with Crippen LogP contribution in [-0.4, -0.2) is 11.6 Å². The van der Waals surface area contributed by atoms with E-state index in [1.807, 2.05) is 12.1 Å². The third kappa shape index (κ3) is 4.04. The molecule has 0 N–H and O–H groups in total. The number of hydrogen-bond acceptors (Lipinski definition) is 2. The molecule has 4 atom stereocenters. The van der Waals surface area contributed by atoms with E-state index < -0.39 is 0 Å². The highest BCUT2D eigenvalue weighted by Crippen LogP contribution is 2.63. The lowest BCUT2D eigenvalue weighted by Crippen LogP contribution is -2.44. The van der Waals surface area contributed by atoms with Gasteiger partial charge in [-0.25, -0.2) is 0 Å². The van der Waals surface area contributed by atoms with Crippen molar-refractivity contribution in [2.24, 2.45) is 23.2 Å². The first-order valence-electron chi connectivity index (χ1n) is 12.8. The molecule has 2 heteroatoms. The van der Waals surface area contributed by atoms with E-state index in [1.165, 1.54) is 57.8 Å². The zero-order valence-electron chi connectivity index (χ0n) is 19.2. The maximum atomic E-state index is 13.5. The van der Waals surface area contributed by atoms with Crippen LogP contribution in [0, 0.1) is 23.2 Å². The van der Waals surface area contributed by atoms with Gasteiger partial charge in [0.2, 0.25) is 0 Å². The van der Waals surface area contributed by atoms with Crippen molar-refractivity contribution in [3.63, 3.8) is 0 Å². The fourth-order valence-electron chi connectivity index (χ4n) is 6.90. The molecule has 0 heterocycles. The number of Topliss-reactive ketones (excluding diaryl/α,β-unsaturated/α-hetero) is 2. The average Bonchev–Trinajstić information content (AvgIpc) is 3.27. The van der Waals surface area contributed by atoms with Crippen LogP contribution >= 0.6 is 0 Å². The number of ketones is 2. The van der Waals surface area contributed by atoms with Gasteiger partial charge in [0, 0.05) is 23.0 Å². The first-order valence-corrected chi connectivity index (χ1v) is 12.8. The van der Waals surface area contributed by atoms with Gasteiger partial charge in [-0.2, -0.15) is 0 Å². The number of aryl methyl sites for hydroxylation is 1. The molecule has 3 aliphatic rings. The van der Waals surface area contributed by atoms with Gasteiger partial charge in [0.05, 0.1) is 0 Å². The summed E-state index contributed by atoms with van der Waals surface area (Å²) in [6, 6.07) is 6.03. The van der Waals surface area contributed by atoms with Crippen LogP contribution in [0.4, 0.5) is 0 Å². The molecule has 0 amide bonds.